The molecule has 0 saturated carbocycles. The number of hydrogen-bond donors (Lipinski definition) is 2. The first-order valence-corrected chi connectivity index (χ1v) is 11.2. The number of carbonyl (C=O) groups is 2. The first kappa shape index (κ1) is 24.0. The van der Waals surface area contributed by atoms with Crippen molar-refractivity contribution in [3.63, 3.8) is 0 Å². The Bertz CT molecular complexity index is 1130. The molecule has 174 valence electrons. The molecule has 0 spiro atoms. The van der Waals surface area contributed by atoms with E-state index in [1.165, 1.54) is 4.90 Å². The molecule has 3 rings (SSSR count). The quantitative estimate of drug-likeness (QED) is 0.563. The second kappa shape index (κ2) is 9.90. The van der Waals surface area contributed by atoms with Crippen LogP contribution in [0.4, 0.5) is 10.6 Å². The Kier molecular flexibility index (Phi) is 7.21. The van der Waals surface area contributed by atoms with Crippen molar-refractivity contribution >= 4 is 17.8 Å². The summed E-state index contributed by atoms with van der Waals surface area (Å²) in [5, 5.41) is 10.7. The van der Waals surface area contributed by atoms with Gasteiger partial charge >= 0.3 is 6.03 Å². The molecule has 0 aliphatic heterocycles. The van der Waals surface area contributed by atoms with Crippen LogP contribution < -0.4 is 10.6 Å². The van der Waals surface area contributed by atoms with Gasteiger partial charge in [-0.1, -0.05) is 48.5 Å². The first-order chi connectivity index (χ1) is 15.6. The number of hydrogen-bond acceptors (Lipinski definition) is 3. The molecule has 0 fully saturated rings. The molecule has 2 aromatic carbocycles. The van der Waals surface area contributed by atoms with Crippen LogP contribution in [-0.2, 0) is 4.79 Å². The number of likely N-dealkylation sites (N-methyl/N-ethyl adjacent to an activating group) is 1. The summed E-state index contributed by atoms with van der Waals surface area (Å²) in [6, 6.07) is 17.5. The summed E-state index contributed by atoms with van der Waals surface area (Å²) in [5.41, 5.74) is 4.16. The Morgan fingerprint density at radius 3 is 2.24 bits per heavy atom. The van der Waals surface area contributed by atoms with E-state index in [2.05, 4.69) is 10.6 Å². The van der Waals surface area contributed by atoms with Crippen LogP contribution in [0.5, 0.6) is 0 Å². The van der Waals surface area contributed by atoms with Crippen molar-refractivity contribution in [2.75, 3.05) is 18.4 Å². The lowest BCUT2D eigenvalue weighted by Gasteiger charge is -2.27. The van der Waals surface area contributed by atoms with Crippen molar-refractivity contribution in [1.29, 1.82) is 0 Å². The van der Waals surface area contributed by atoms with Gasteiger partial charge in [0, 0.05) is 17.6 Å². The van der Waals surface area contributed by atoms with Gasteiger partial charge in [-0.25, -0.2) is 9.48 Å². The largest absolute Gasteiger partial charge is 0.333 e. The Labute approximate surface area is 195 Å². The smallest absolute Gasteiger partial charge is 0.318 e. The molecule has 2 N–H and O–H groups in total. The van der Waals surface area contributed by atoms with Crippen molar-refractivity contribution in [1.82, 2.24) is 20.0 Å². The number of benzene rings is 2. The number of aromatic nitrogens is 2. The summed E-state index contributed by atoms with van der Waals surface area (Å²) < 4.78 is 1.77. The molecule has 0 radical (unpaired) electrons. The molecular formula is C26H33N5O2. The van der Waals surface area contributed by atoms with Crippen LogP contribution in [0.3, 0.4) is 0 Å². The van der Waals surface area contributed by atoms with Crippen LogP contribution in [0.1, 0.15) is 39.0 Å². The van der Waals surface area contributed by atoms with Gasteiger partial charge in [-0.2, -0.15) is 5.10 Å². The van der Waals surface area contributed by atoms with Crippen LogP contribution in [0.15, 0.2) is 54.6 Å². The third-order valence-corrected chi connectivity index (χ3v) is 5.21. The van der Waals surface area contributed by atoms with E-state index >= 15 is 0 Å². The number of rotatable bonds is 6. The summed E-state index contributed by atoms with van der Waals surface area (Å²) >= 11 is 0. The molecule has 1 aromatic heterocycles. The van der Waals surface area contributed by atoms with Crippen LogP contribution >= 0.6 is 0 Å². The summed E-state index contributed by atoms with van der Waals surface area (Å²) in [5.74, 6) is 0.304. The van der Waals surface area contributed by atoms with E-state index in [1.54, 1.807) is 4.68 Å². The highest BCUT2D eigenvalue weighted by atomic mass is 16.2. The Morgan fingerprint density at radius 1 is 1.00 bits per heavy atom. The Hall–Kier alpha value is -3.61. The standard InChI is InChI=1S/C26H33N5O2/c1-7-30(25(33)28-26(4,5)6)17-22(32)27-24-23(20-14-9-8-10-15-20)19(3)29-31(24)21-16-12-11-13-18(21)2/h8-16H,7,17H2,1-6H3,(H,27,32)(H,28,33). The van der Waals surface area contributed by atoms with E-state index in [0.29, 0.717) is 12.4 Å². The second-order valence-electron chi connectivity index (χ2n) is 9.12. The van der Waals surface area contributed by atoms with E-state index in [9.17, 15) is 9.59 Å². The van der Waals surface area contributed by atoms with Gasteiger partial charge in [-0.05, 0) is 58.7 Å². The lowest BCUT2D eigenvalue weighted by Crippen LogP contribution is -2.50. The van der Waals surface area contributed by atoms with E-state index in [-0.39, 0.29) is 24.0 Å². The van der Waals surface area contributed by atoms with Gasteiger partial charge in [-0.15, -0.1) is 0 Å². The zero-order valence-electron chi connectivity index (χ0n) is 20.3. The van der Waals surface area contributed by atoms with Gasteiger partial charge in [0.05, 0.1) is 11.4 Å². The highest BCUT2D eigenvalue weighted by molar-refractivity contribution is 5.98. The fourth-order valence-corrected chi connectivity index (χ4v) is 3.64. The average molecular weight is 448 g/mol. The number of aryl methyl sites for hydroxylation is 2. The predicted octanol–water partition coefficient (Wildman–Crippen LogP) is 4.92. The zero-order chi connectivity index (χ0) is 24.2. The molecule has 33 heavy (non-hydrogen) atoms. The van der Waals surface area contributed by atoms with Gasteiger partial charge < -0.3 is 15.5 Å². The lowest BCUT2D eigenvalue weighted by atomic mass is 10.1. The summed E-state index contributed by atoms with van der Waals surface area (Å²) in [6.45, 7) is 11.9. The van der Waals surface area contributed by atoms with Gasteiger partial charge in [0.25, 0.3) is 0 Å². The number of amides is 3. The molecule has 3 amide bonds. The average Bonchev–Trinajstić information content (AvgIpc) is 3.07. The number of carbonyl (C=O) groups excluding carboxylic acids is 2. The molecule has 0 saturated heterocycles. The molecular weight excluding hydrogens is 414 g/mol. The highest BCUT2D eigenvalue weighted by Crippen LogP contribution is 2.34. The Balaban J connectivity index is 1.98. The van der Waals surface area contributed by atoms with Crippen LogP contribution in [0, 0.1) is 13.8 Å². The van der Waals surface area contributed by atoms with E-state index in [0.717, 1.165) is 28.1 Å². The first-order valence-electron chi connectivity index (χ1n) is 11.2. The molecule has 0 aliphatic rings. The van der Waals surface area contributed by atoms with Gasteiger partial charge in [0.2, 0.25) is 5.91 Å². The maximum Gasteiger partial charge on any atom is 0.318 e. The minimum atomic E-state index is -0.387. The van der Waals surface area contributed by atoms with Crippen molar-refractivity contribution < 1.29 is 9.59 Å². The predicted molar refractivity (Wildman–Crippen MR) is 133 cm³/mol. The molecule has 3 aromatic rings. The number of para-hydroxylation sites is 1. The third-order valence-electron chi connectivity index (χ3n) is 5.21. The number of anilines is 1. The van der Waals surface area contributed by atoms with E-state index in [1.807, 2.05) is 96.1 Å². The monoisotopic (exact) mass is 447 g/mol. The van der Waals surface area contributed by atoms with Crippen molar-refractivity contribution in [3.8, 4) is 16.8 Å². The van der Waals surface area contributed by atoms with Gasteiger partial charge in [-0.3, -0.25) is 4.79 Å². The maximum atomic E-state index is 13.1. The van der Waals surface area contributed by atoms with E-state index in [4.69, 9.17) is 5.10 Å². The third kappa shape index (κ3) is 5.80. The minimum absolute atomic E-state index is 0.0648. The summed E-state index contributed by atoms with van der Waals surface area (Å²) in [6.07, 6.45) is 0. The summed E-state index contributed by atoms with van der Waals surface area (Å²) in [7, 11) is 0. The molecule has 7 heteroatoms. The van der Waals surface area contributed by atoms with Crippen LogP contribution in [-0.4, -0.2) is 45.2 Å². The maximum absolute atomic E-state index is 13.1. The minimum Gasteiger partial charge on any atom is -0.333 e. The number of urea groups is 1. The normalized spacial score (nSPS) is 11.2. The highest BCUT2D eigenvalue weighted by Gasteiger charge is 2.24. The molecule has 0 unspecified atom stereocenters. The van der Waals surface area contributed by atoms with Gasteiger partial charge in [0.1, 0.15) is 12.4 Å². The number of nitrogens with zero attached hydrogens (tertiary/aromatic N) is 3. The Morgan fingerprint density at radius 2 is 1.64 bits per heavy atom. The van der Waals surface area contributed by atoms with Crippen LogP contribution in [0.25, 0.3) is 16.8 Å². The van der Waals surface area contributed by atoms with Crippen molar-refractivity contribution in [2.45, 2.75) is 47.1 Å². The van der Waals surface area contributed by atoms with Crippen molar-refractivity contribution in [2.24, 2.45) is 0 Å². The molecule has 0 bridgehead atoms. The number of nitrogens with one attached hydrogen (secondary N) is 2. The molecule has 0 aliphatic carbocycles. The fraction of sp³-hybridized carbons (Fsp3) is 0.346. The fourth-order valence-electron chi connectivity index (χ4n) is 3.64. The zero-order valence-corrected chi connectivity index (χ0v) is 20.3. The van der Waals surface area contributed by atoms with Gasteiger partial charge in [0.15, 0.2) is 0 Å². The SMILES string of the molecule is CCN(CC(=O)Nc1c(-c2ccccc2)c(C)nn1-c1ccccc1C)C(=O)NC(C)(C)C. The van der Waals surface area contributed by atoms with Crippen LogP contribution in [0.2, 0.25) is 0 Å². The molecule has 7 nitrogen and oxygen atoms in total. The van der Waals surface area contributed by atoms with Crippen molar-refractivity contribution in [3.05, 3.63) is 65.9 Å². The topological polar surface area (TPSA) is 79.3 Å². The molecule has 0 atom stereocenters. The lowest BCUT2D eigenvalue weighted by molar-refractivity contribution is -0.116. The second-order valence-corrected chi connectivity index (χ2v) is 9.12. The summed E-state index contributed by atoms with van der Waals surface area (Å²) in [4.78, 5) is 27.3. The van der Waals surface area contributed by atoms with E-state index < -0.39 is 0 Å². The molecule has 1 heterocycles.